The van der Waals surface area contributed by atoms with Crippen molar-refractivity contribution in [2.45, 2.75) is 51.3 Å². The van der Waals surface area contributed by atoms with Crippen LogP contribution in [0, 0.1) is 24.7 Å². The molecule has 0 aliphatic heterocycles. The van der Waals surface area contributed by atoms with Gasteiger partial charge in [-0.1, -0.05) is 12.1 Å². The number of carbonyl (C=O) groups excluding carboxylic acids is 2. The van der Waals surface area contributed by atoms with Gasteiger partial charge in [-0.05, 0) is 51.3 Å². The molecule has 2 fully saturated rings. The number of nitrogens with one attached hydrogen (secondary N) is 3. The summed E-state index contributed by atoms with van der Waals surface area (Å²) in [6.07, 6.45) is -1.10. The van der Waals surface area contributed by atoms with Crippen molar-refractivity contribution in [1.82, 2.24) is 10.6 Å². The number of alkyl carbamates (subject to hydrolysis) is 1. The molecule has 5 unspecified atom stereocenters. The van der Waals surface area contributed by atoms with Crippen molar-refractivity contribution in [1.29, 1.82) is 0 Å². The van der Waals surface area contributed by atoms with E-state index in [1.165, 1.54) is 0 Å². The Labute approximate surface area is 179 Å². The maximum atomic E-state index is 12.5. The van der Waals surface area contributed by atoms with Crippen LogP contribution < -0.4 is 16.0 Å². The first-order valence-electron chi connectivity index (χ1n) is 9.95. The molecule has 10 nitrogen and oxygen atoms in total. The van der Waals surface area contributed by atoms with Crippen molar-refractivity contribution in [3.8, 4) is 0 Å². The number of benzene rings is 1. The first-order chi connectivity index (χ1) is 14.3. The minimum atomic E-state index is -1.85. The van der Waals surface area contributed by atoms with E-state index in [9.17, 15) is 29.4 Å². The molecule has 3 rings (SSSR count). The number of anilines is 1. The number of carboxylic acid groups (broad SMARTS) is 2. The van der Waals surface area contributed by atoms with Crippen LogP contribution in [0.15, 0.2) is 24.3 Å². The first-order valence-corrected chi connectivity index (χ1v) is 9.95. The summed E-state index contributed by atoms with van der Waals surface area (Å²) in [5, 5.41) is 27.2. The van der Waals surface area contributed by atoms with Crippen LogP contribution >= 0.6 is 0 Å². The van der Waals surface area contributed by atoms with Crippen LogP contribution in [0.4, 0.5) is 15.3 Å². The van der Waals surface area contributed by atoms with Gasteiger partial charge in [0.05, 0.1) is 5.92 Å². The summed E-state index contributed by atoms with van der Waals surface area (Å²) in [5.74, 6) is -5.01. The van der Waals surface area contributed by atoms with Crippen LogP contribution in [0.2, 0.25) is 0 Å². The van der Waals surface area contributed by atoms with E-state index < -0.39 is 59.0 Å². The number of hydrogen-bond acceptors (Lipinski definition) is 5. The molecule has 0 heterocycles. The van der Waals surface area contributed by atoms with Crippen molar-refractivity contribution in [3.05, 3.63) is 29.8 Å². The van der Waals surface area contributed by atoms with Crippen LogP contribution in [-0.4, -0.2) is 51.5 Å². The molecule has 0 saturated heterocycles. The standard InChI is InChI=1S/C21H27N3O7/c1-10-6-5-7-11(8-10)22-18(29)23-12-9-21(17(27)28,15-13(12)14(15)16(25)26)24-19(30)31-20(2,3)4/h5-8,12-15H,9H2,1-4H3,(H,24,30)(H,25,26)(H,27,28)(H2,22,23,29). The molecular weight excluding hydrogens is 406 g/mol. The maximum Gasteiger partial charge on any atom is 0.408 e. The van der Waals surface area contributed by atoms with Gasteiger partial charge in [0, 0.05) is 24.1 Å². The van der Waals surface area contributed by atoms with Gasteiger partial charge in [0.2, 0.25) is 0 Å². The van der Waals surface area contributed by atoms with Crippen LogP contribution in [0.3, 0.4) is 0 Å². The highest BCUT2D eigenvalue weighted by Crippen LogP contribution is 2.62. The van der Waals surface area contributed by atoms with Gasteiger partial charge < -0.3 is 30.9 Å². The Bertz CT molecular complexity index is 926. The third kappa shape index (κ3) is 4.57. The van der Waals surface area contributed by atoms with Gasteiger partial charge in [0.25, 0.3) is 0 Å². The highest BCUT2D eigenvalue weighted by molar-refractivity contribution is 5.92. The molecule has 168 valence electrons. The van der Waals surface area contributed by atoms with Crippen molar-refractivity contribution >= 4 is 29.8 Å². The third-order valence-electron chi connectivity index (χ3n) is 5.63. The number of carboxylic acids is 2. The fourth-order valence-electron chi connectivity index (χ4n) is 4.52. The largest absolute Gasteiger partial charge is 0.481 e. The van der Waals surface area contributed by atoms with E-state index in [2.05, 4.69) is 16.0 Å². The molecule has 0 spiro atoms. The Morgan fingerprint density at radius 3 is 2.39 bits per heavy atom. The van der Waals surface area contributed by atoms with Crippen molar-refractivity contribution < 1.29 is 34.1 Å². The Hall–Kier alpha value is -3.30. The second kappa shape index (κ2) is 7.75. The smallest absolute Gasteiger partial charge is 0.408 e. The minimum absolute atomic E-state index is 0.151. The quantitative estimate of drug-likeness (QED) is 0.477. The van der Waals surface area contributed by atoms with Gasteiger partial charge in [0.15, 0.2) is 0 Å². The Morgan fingerprint density at radius 2 is 1.84 bits per heavy atom. The number of fused-ring (bicyclic) bond motifs is 1. The lowest BCUT2D eigenvalue weighted by Crippen LogP contribution is -2.58. The van der Waals surface area contributed by atoms with Gasteiger partial charge in [-0.15, -0.1) is 0 Å². The molecule has 1 aromatic rings. The molecule has 0 aromatic heterocycles. The molecule has 0 radical (unpaired) electrons. The van der Waals surface area contributed by atoms with Gasteiger partial charge in [-0.25, -0.2) is 14.4 Å². The third-order valence-corrected chi connectivity index (χ3v) is 5.63. The number of rotatable bonds is 5. The monoisotopic (exact) mass is 433 g/mol. The zero-order valence-electron chi connectivity index (χ0n) is 17.8. The van der Waals surface area contributed by atoms with Gasteiger partial charge in [0.1, 0.15) is 11.1 Å². The lowest BCUT2D eigenvalue weighted by Gasteiger charge is -2.31. The Kier molecular flexibility index (Phi) is 5.60. The maximum absolute atomic E-state index is 12.5. The molecule has 3 amide bonds. The normalized spacial score (nSPS) is 28.8. The van der Waals surface area contributed by atoms with E-state index in [0.29, 0.717) is 5.69 Å². The number of hydrogen-bond donors (Lipinski definition) is 5. The molecule has 31 heavy (non-hydrogen) atoms. The molecule has 2 saturated carbocycles. The fraction of sp³-hybridized carbons (Fsp3) is 0.524. The van der Waals surface area contributed by atoms with Crippen LogP contribution in [0.1, 0.15) is 32.8 Å². The zero-order chi connectivity index (χ0) is 23.1. The van der Waals surface area contributed by atoms with Crippen molar-refractivity contribution in [2.75, 3.05) is 5.32 Å². The van der Waals surface area contributed by atoms with Crippen LogP contribution in [0.25, 0.3) is 0 Å². The molecule has 5 N–H and O–H groups in total. The predicted octanol–water partition coefficient (Wildman–Crippen LogP) is 2.18. The lowest BCUT2D eigenvalue weighted by atomic mass is 9.89. The lowest BCUT2D eigenvalue weighted by molar-refractivity contribution is -0.147. The molecule has 0 bridgehead atoms. The van der Waals surface area contributed by atoms with E-state index in [4.69, 9.17) is 4.74 Å². The fourth-order valence-corrected chi connectivity index (χ4v) is 4.52. The van der Waals surface area contributed by atoms with E-state index in [1.54, 1.807) is 39.0 Å². The number of ether oxygens (including phenoxy) is 1. The molecule has 2 aliphatic carbocycles. The summed E-state index contributed by atoms with van der Waals surface area (Å²) in [5.41, 5.74) is -1.22. The summed E-state index contributed by atoms with van der Waals surface area (Å²) in [6, 6.07) is 5.78. The highest BCUT2D eigenvalue weighted by Gasteiger charge is 2.76. The van der Waals surface area contributed by atoms with E-state index in [1.807, 2.05) is 13.0 Å². The molecule has 5 atom stereocenters. The molecule has 10 heteroatoms. The Morgan fingerprint density at radius 1 is 1.16 bits per heavy atom. The van der Waals surface area contributed by atoms with Crippen molar-refractivity contribution in [2.24, 2.45) is 17.8 Å². The van der Waals surface area contributed by atoms with Gasteiger partial charge in [-0.3, -0.25) is 4.79 Å². The van der Waals surface area contributed by atoms with E-state index in [-0.39, 0.29) is 6.42 Å². The summed E-state index contributed by atoms with van der Waals surface area (Å²) < 4.78 is 5.18. The average Bonchev–Trinajstić information content (AvgIpc) is 3.28. The number of aryl methyl sites for hydroxylation is 1. The molecular formula is C21H27N3O7. The van der Waals surface area contributed by atoms with Crippen LogP contribution in [-0.2, 0) is 14.3 Å². The summed E-state index contributed by atoms with van der Waals surface area (Å²) >= 11 is 0. The predicted molar refractivity (Wildman–Crippen MR) is 110 cm³/mol. The minimum Gasteiger partial charge on any atom is -0.481 e. The van der Waals surface area contributed by atoms with Crippen molar-refractivity contribution in [3.63, 3.8) is 0 Å². The first kappa shape index (κ1) is 22.4. The second-order valence-corrected chi connectivity index (χ2v) is 9.15. The summed E-state index contributed by atoms with van der Waals surface area (Å²) in [4.78, 5) is 48.7. The number of amides is 3. The number of aliphatic carboxylic acids is 2. The Balaban J connectivity index is 1.78. The zero-order valence-corrected chi connectivity index (χ0v) is 17.8. The summed E-state index contributed by atoms with van der Waals surface area (Å²) in [7, 11) is 0. The highest BCUT2D eigenvalue weighted by atomic mass is 16.6. The molecule has 2 aliphatic rings. The van der Waals surface area contributed by atoms with Gasteiger partial charge in [-0.2, -0.15) is 0 Å². The summed E-state index contributed by atoms with van der Waals surface area (Å²) in [6.45, 7) is 6.77. The average molecular weight is 433 g/mol. The SMILES string of the molecule is Cc1cccc(NC(=O)NC2CC(NC(=O)OC(C)(C)C)(C(=O)O)C3C(C(=O)O)C23)c1. The van der Waals surface area contributed by atoms with Gasteiger partial charge >= 0.3 is 24.1 Å². The number of urea groups is 1. The second-order valence-electron chi connectivity index (χ2n) is 9.15. The van der Waals surface area contributed by atoms with Crippen LogP contribution in [0.5, 0.6) is 0 Å². The van der Waals surface area contributed by atoms with E-state index >= 15 is 0 Å². The topological polar surface area (TPSA) is 154 Å². The number of carbonyl (C=O) groups is 4. The van der Waals surface area contributed by atoms with E-state index in [0.717, 1.165) is 5.56 Å². The molecule has 1 aromatic carbocycles.